The van der Waals surface area contributed by atoms with E-state index in [1.54, 1.807) is 0 Å². The molecule has 0 radical (unpaired) electrons. The van der Waals surface area contributed by atoms with E-state index in [0.29, 0.717) is 0 Å². The van der Waals surface area contributed by atoms with Crippen LogP contribution in [0.25, 0.3) is 83.2 Å². The normalized spacial score (nSPS) is 13.5. The lowest BCUT2D eigenvalue weighted by atomic mass is 10.00. The maximum atomic E-state index is 6.37. The molecule has 1 aliphatic rings. The van der Waals surface area contributed by atoms with Crippen LogP contribution in [0.3, 0.4) is 0 Å². The summed E-state index contributed by atoms with van der Waals surface area (Å²) < 4.78 is 8.74. The van der Waals surface area contributed by atoms with Crippen LogP contribution in [-0.2, 0) is 0 Å². The van der Waals surface area contributed by atoms with Crippen LogP contribution in [0.2, 0.25) is 13.1 Å². The summed E-state index contributed by atoms with van der Waals surface area (Å²) in [6.45, 7) is 4.83. The minimum Gasteiger partial charge on any atom is -0.456 e. The first-order valence-corrected chi connectivity index (χ1v) is 19.1. The lowest BCUT2D eigenvalue weighted by molar-refractivity contribution is 0.669. The van der Waals surface area contributed by atoms with Gasteiger partial charge in [0.05, 0.1) is 16.7 Å². The maximum Gasteiger partial charge on any atom is 0.159 e. The van der Waals surface area contributed by atoms with Crippen molar-refractivity contribution in [1.82, 2.24) is 14.5 Å². The number of rotatable bonds is 3. The van der Waals surface area contributed by atoms with E-state index in [2.05, 4.69) is 139 Å². The molecule has 0 saturated carbocycles. The number of furan rings is 1. The molecule has 10 rings (SSSR count). The molecule has 6 aromatic carbocycles. The topological polar surface area (TPSA) is 43.9 Å². The molecule has 0 bridgehead atoms. The van der Waals surface area contributed by atoms with Crippen molar-refractivity contribution in [2.75, 3.05) is 0 Å². The summed E-state index contributed by atoms with van der Waals surface area (Å²) in [4.78, 5) is 10.7. The smallest absolute Gasteiger partial charge is 0.159 e. The van der Waals surface area contributed by atoms with Crippen molar-refractivity contribution in [3.63, 3.8) is 0 Å². The predicted octanol–water partition coefficient (Wildman–Crippen LogP) is 9.61. The van der Waals surface area contributed by atoms with Gasteiger partial charge < -0.3 is 8.98 Å². The summed E-state index contributed by atoms with van der Waals surface area (Å²) in [5.41, 5.74) is 10.7. The van der Waals surface area contributed by atoms with E-state index in [1.165, 1.54) is 32.4 Å². The fraction of sp³-hybridized carbons (Fsp3) is 0.0476. The van der Waals surface area contributed by atoms with Crippen LogP contribution in [0.15, 0.2) is 144 Å². The lowest BCUT2D eigenvalue weighted by Gasteiger charge is -2.19. The fourth-order valence-corrected chi connectivity index (χ4v) is 10.6. The van der Waals surface area contributed by atoms with Gasteiger partial charge in [0, 0.05) is 55.3 Å². The van der Waals surface area contributed by atoms with Crippen LogP contribution >= 0.6 is 0 Å². The zero-order valence-electron chi connectivity index (χ0n) is 26.0. The second-order valence-corrected chi connectivity index (χ2v) is 17.3. The molecule has 0 N–H and O–H groups in total. The Balaban J connectivity index is 1.25. The summed E-state index contributed by atoms with van der Waals surface area (Å²) in [5, 5.41) is 7.33. The van der Waals surface area contributed by atoms with Gasteiger partial charge in [-0.05, 0) is 41.1 Å². The maximum absolute atomic E-state index is 6.37. The van der Waals surface area contributed by atoms with E-state index in [0.717, 1.165) is 61.3 Å². The quantitative estimate of drug-likeness (QED) is 0.185. The standard InChI is InChI=1S/C42H29N3OSi/c1-47(2)38-22-11-8-19-31(38)39-40(43-41(44-42(39)47)26-13-4-3-5-14-26)27-15-12-16-28(23-27)45-34-20-9-6-17-29(34)32-24-33-30-18-7-10-21-36(30)46-37(33)25-35(32)45/h3-25H,1-2H3. The number of benzene rings is 6. The van der Waals surface area contributed by atoms with Gasteiger partial charge in [0.25, 0.3) is 0 Å². The average Bonchev–Trinajstić information content (AvgIpc) is 3.72. The third kappa shape index (κ3) is 3.75. The first kappa shape index (κ1) is 26.4. The Hall–Kier alpha value is -5.78. The monoisotopic (exact) mass is 619 g/mol. The molecule has 1 aliphatic heterocycles. The van der Waals surface area contributed by atoms with Crippen molar-refractivity contribution in [2.45, 2.75) is 13.1 Å². The van der Waals surface area contributed by atoms with E-state index in [4.69, 9.17) is 14.4 Å². The summed E-state index contributed by atoms with van der Waals surface area (Å²) in [6, 6.07) is 49.5. The number of aromatic nitrogens is 3. The highest BCUT2D eigenvalue weighted by Crippen LogP contribution is 2.40. The first-order valence-electron chi connectivity index (χ1n) is 16.1. The van der Waals surface area contributed by atoms with Gasteiger partial charge in [-0.3, -0.25) is 0 Å². The molecule has 5 heteroatoms. The molecule has 4 nitrogen and oxygen atoms in total. The molecule has 0 amide bonds. The van der Waals surface area contributed by atoms with Gasteiger partial charge in [0.15, 0.2) is 5.82 Å². The molecule has 47 heavy (non-hydrogen) atoms. The van der Waals surface area contributed by atoms with Crippen molar-refractivity contribution in [3.05, 3.63) is 140 Å². The molecule has 4 heterocycles. The molecule has 0 fully saturated rings. The number of hydrogen-bond acceptors (Lipinski definition) is 3. The molecule has 0 unspecified atom stereocenters. The van der Waals surface area contributed by atoms with Crippen molar-refractivity contribution in [3.8, 4) is 39.5 Å². The second kappa shape index (κ2) is 9.61. The Morgan fingerprint density at radius 3 is 2.19 bits per heavy atom. The molecule has 222 valence electrons. The van der Waals surface area contributed by atoms with Crippen LogP contribution in [-0.4, -0.2) is 22.6 Å². The molecule has 3 aromatic heterocycles. The Labute approximate surface area is 272 Å². The largest absolute Gasteiger partial charge is 0.456 e. The van der Waals surface area contributed by atoms with Crippen molar-refractivity contribution < 1.29 is 4.42 Å². The lowest BCUT2D eigenvalue weighted by Crippen LogP contribution is -2.50. The average molecular weight is 620 g/mol. The minimum atomic E-state index is -2.06. The Morgan fingerprint density at radius 1 is 0.553 bits per heavy atom. The van der Waals surface area contributed by atoms with E-state index in [9.17, 15) is 0 Å². The highest BCUT2D eigenvalue weighted by atomic mass is 28.3. The highest BCUT2D eigenvalue weighted by Gasteiger charge is 2.41. The third-order valence-electron chi connectivity index (χ3n) is 9.95. The van der Waals surface area contributed by atoms with E-state index in [1.807, 2.05) is 18.2 Å². The van der Waals surface area contributed by atoms with Crippen LogP contribution in [0.4, 0.5) is 0 Å². The van der Waals surface area contributed by atoms with Gasteiger partial charge in [-0.1, -0.05) is 116 Å². The zero-order chi connectivity index (χ0) is 31.3. The van der Waals surface area contributed by atoms with Gasteiger partial charge in [0.2, 0.25) is 0 Å². The minimum absolute atomic E-state index is 0.780. The zero-order valence-corrected chi connectivity index (χ0v) is 27.0. The van der Waals surface area contributed by atoms with Crippen molar-refractivity contribution in [1.29, 1.82) is 0 Å². The van der Waals surface area contributed by atoms with Gasteiger partial charge in [-0.2, -0.15) is 0 Å². The summed E-state index contributed by atoms with van der Waals surface area (Å²) in [6.07, 6.45) is 0. The number of para-hydroxylation sites is 2. The van der Waals surface area contributed by atoms with Gasteiger partial charge >= 0.3 is 0 Å². The van der Waals surface area contributed by atoms with Crippen LogP contribution in [0.1, 0.15) is 0 Å². The Bertz CT molecular complexity index is 2720. The van der Waals surface area contributed by atoms with Crippen molar-refractivity contribution >= 4 is 62.3 Å². The van der Waals surface area contributed by atoms with E-state index >= 15 is 0 Å². The van der Waals surface area contributed by atoms with Crippen LogP contribution in [0.5, 0.6) is 0 Å². The third-order valence-corrected chi connectivity index (χ3v) is 13.3. The Morgan fingerprint density at radius 2 is 1.30 bits per heavy atom. The predicted molar refractivity (Wildman–Crippen MR) is 197 cm³/mol. The summed E-state index contributed by atoms with van der Waals surface area (Å²) in [7, 11) is -2.06. The molecular weight excluding hydrogens is 591 g/mol. The number of hydrogen-bond donors (Lipinski definition) is 0. The molecule has 0 aliphatic carbocycles. The number of fused-ring (bicyclic) bond motifs is 9. The fourth-order valence-electron chi connectivity index (χ4n) is 7.72. The van der Waals surface area contributed by atoms with Crippen LogP contribution in [0, 0.1) is 0 Å². The molecule has 0 spiro atoms. The SMILES string of the molecule is C[Si]1(C)c2ccccc2-c2c(-c3cccc(-n4c5ccccc5c5cc6c(cc54)oc4ccccc46)c3)nc(-c3ccccc3)nc21. The van der Waals surface area contributed by atoms with Crippen molar-refractivity contribution in [2.24, 2.45) is 0 Å². The molecule has 0 atom stereocenters. The first-order chi connectivity index (χ1) is 23.1. The highest BCUT2D eigenvalue weighted by molar-refractivity contribution is 7.03. The van der Waals surface area contributed by atoms with E-state index in [-0.39, 0.29) is 0 Å². The second-order valence-electron chi connectivity index (χ2n) is 13.0. The number of nitrogens with zero attached hydrogens (tertiary/aromatic N) is 3. The molecular formula is C42H29N3OSi. The molecule has 9 aromatic rings. The summed E-state index contributed by atoms with van der Waals surface area (Å²) >= 11 is 0. The van der Waals surface area contributed by atoms with Gasteiger partial charge in [0.1, 0.15) is 19.2 Å². The summed E-state index contributed by atoms with van der Waals surface area (Å²) in [5.74, 6) is 0.780. The van der Waals surface area contributed by atoms with Gasteiger partial charge in [-0.25, -0.2) is 9.97 Å². The van der Waals surface area contributed by atoms with Crippen LogP contribution < -0.4 is 10.5 Å². The Kier molecular flexibility index (Phi) is 5.41. The van der Waals surface area contributed by atoms with E-state index < -0.39 is 8.07 Å². The molecule has 0 saturated heterocycles. The van der Waals surface area contributed by atoms with Gasteiger partial charge in [-0.15, -0.1) is 0 Å².